The SMILES string of the molecule is CN(C)CSCC(=O)OC(CCCCCCCC/C=C\C/C=C\CCCCC(=O)O)CCCCCCCC/C=C\C/C=C\CCCCC(=O)O. The summed E-state index contributed by atoms with van der Waals surface area (Å²) >= 11 is 1.62. The van der Waals surface area contributed by atoms with Crippen LogP contribution in [0.2, 0.25) is 0 Å². The molecule has 0 aromatic rings. The predicted octanol–water partition coefficient (Wildman–Crippen LogP) is 11.7. The fourth-order valence-corrected chi connectivity index (χ4v) is 6.26. The Kier molecular flexibility index (Phi) is 36.2. The summed E-state index contributed by atoms with van der Waals surface area (Å²) in [6.45, 7) is 0. The van der Waals surface area contributed by atoms with Gasteiger partial charge in [0, 0.05) is 18.7 Å². The third-order valence-electron chi connectivity index (χ3n) is 8.40. The Morgan fingerprint density at radius 2 is 0.900 bits per heavy atom. The first-order valence-corrected chi connectivity index (χ1v) is 20.9. The van der Waals surface area contributed by atoms with E-state index in [0.29, 0.717) is 5.75 Å². The second kappa shape index (κ2) is 37.9. The van der Waals surface area contributed by atoms with E-state index in [0.717, 1.165) is 95.8 Å². The van der Waals surface area contributed by atoms with Crippen LogP contribution >= 0.6 is 11.8 Å². The van der Waals surface area contributed by atoms with Crippen molar-refractivity contribution in [3.63, 3.8) is 0 Å². The molecule has 50 heavy (non-hydrogen) atoms. The number of hydrogen-bond donors (Lipinski definition) is 2. The van der Waals surface area contributed by atoms with Crippen molar-refractivity contribution < 1.29 is 29.3 Å². The molecule has 0 saturated carbocycles. The number of ether oxygens (including phenoxy) is 1. The minimum atomic E-state index is -0.708. The van der Waals surface area contributed by atoms with Crippen molar-refractivity contribution in [3.8, 4) is 0 Å². The summed E-state index contributed by atoms with van der Waals surface area (Å²) < 4.78 is 5.95. The van der Waals surface area contributed by atoms with Crippen molar-refractivity contribution in [2.45, 2.75) is 173 Å². The predicted molar refractivity (Wildman–Crippen MR) is 213 cm³/mol. The number of hydrogen-bond acceptors (Lipinski definition) is 6. The lowest BCUT2D eigenvalue weighted by atomic mass is 10.0. The minimum absolute atomic E-state index is 0.0512. The summed E-state index contributed by atoms with van der Waals surface area (Å²) in [5.41, 5.74) is 0. The average molecular weight is 720 g/mol. The summed E-state index contributed by atoms with van der Waals surface area (Å²) in [6, 6.07) is 0. The molecule has 288 valence electrons. The van der Waals surface area contributed by atoms with Crippen LogP contribution in [0.25, 0.3) is 0 Å². The lowest BCUT2D eigenvalue weighted by Gasteiger charge is -2.18. The van der Waals surface area contributed by atoms with Gasteiger partial charge in [0.25, 0.3) is 0 Å². The Hall–Kier alpha value is -2.32. The molecule has 0 atom stereocenters. The van der Waals surface area contributed by atoms with E-state index in [2.05, 4.69) is 53.5 Å². The molecule has 0 aromatic carbocycles. The highest BCUT2D eigenvalue weighted by molar-refractivity contribution is 7.99. The summed E-state index contributed by atoms with van der Waals surface area (Å²) in [5.74, 6) is -0.232. The molecule has 0 amide bonds. The van der Waals surface area contributed by atoms with Crippen LogP contribution < -0.4 is 0 Å². The molecule has 0 aliphatic carbocycles. The van der Waals surface area contributed by atoms with Crippen LogP contribution in [0.5, 0.6) is 0 Å². The van der Waals surface area contributed by atoms with E-state index in [9.17, 15) is 14.4 Å². The van der Waals surface area contributed by atoms with Crippen molar-refractivity contribution in [1.29, 1.82) is 0 Å². The lowest BCUT2D eigenvalue weighted by Crippen LogP contribution is -2.21. The molecular formula is C42H73NO6S. The Morgan fingerprint density at radius 1 is 0.540 bits per heavy atom. The summed E-state index contributed by atoms with van der Waals surface area (Å²) in [7, 11) is 4.03. The molecule has 0 radical (unpaired) electrons. The highest BCUT2D eigenvalue weighted by atomic mass is 32.2. The van der Waals surface area contributed by atoms with Crippen molar-refractivity contribution in [1.82, 2.24) is 4.90 Å². The first-order valence-electron chi connectivity index (χ1n) is 19.8. The lowest BCUT2D eigenvalue weighted by molar-refractivity contribution is -0.146. The first kappa shape index (κ1) is 47.7. The van der Waals surface area contributed by atoms with Gasteiger partial charge in [0.2, 0.25) is 0 Å². The number of rotatable bonds is 37. The van der Waals surface area contributed by atoms with Crippen LogP contribution in [0.15, 0.2) is 48.6 Å². The van der Waals surface area contributed by atoms with E-state index >= 15 is 0 Å². The molecule has 0 heterocycles. The molecule has 2 N–H and O–H groups in total. The van der Waals surface area contributed by atoms with Crippen LogP contribution in [0.3, 0.4) is 0 Å². The number of esters is 1. The van der Waals surface area contributed by atoms with Gasteiger partial charge in [0.05, 0.1) is 5.75 Å². The van der Waals surface area contributed by atoms with Crippen molar-refractivity contribution >= 4 is 29.7 Å². The molecule has 0 aliphatic rings. The van der Waals surface area contributed by atoms with Gasteiger partial charge >= 0.3 is 17.9 Å². The Bertz CT molecular complexity index is 869. The fourth-order valence-electron chi connectivity index (χ4n) is 5.57. The average Bonchev–Trinajstić information content (AvgIpc) is 3.06. The van der Waals surface area contributed by atoms with E-state index in [-0.39, 0.29) is 24.9 Å². The monoisotopic (exact) mass is 720 g/mol. The van der Waals surface area contributed by atoms with E-state index in [1.165, 1.54) is 64.2 Å². The van der Waals surface area contributed by atoms with Crippen LogP contribution in [0, 0.1) is 0 Å². The Balaban J connectivity index is 4.01. The highest BCUT2D eigenvalue weighted by Gasteiger charge is 2.14. The number of carboxylic acid groups (broad SMARTS) is 2. The zero-order valence-corrected chi connectivity index (χ0v) is 32.7. The van der Waals surface area contributed by atoms with E-state index in [4.69, 9.17) is 14.9 Å². The number of carbonyl (C=O) groups excluding carboxylic acids is 1. The summed E-state index contributed by atoms with van der Waals surface area (Å²) in [5, 5.41) is 17.3. The van der Waals surface area contributed by atoms with Crippen LogP contribution in [0.4, 0.5) is 0 Å². The van der Waals surface area contributed by atoms with Crippen molar-refractivity contribution in [2.24, 2.45) is 0 Å². The maximum Gasteiger partial charge on any atom is 0.316 e. The Morgan fingerprint density at radius 3 is 1.28 bits per heavy atom. The van der Waals surface area contributed by atoms with Gasteiger partial charge in [0.15, 0.2) is 0 Å². The molecule has 0 fully saturated rings. The molecule has 0 aliphatic heterocycles. The van der Waals surface area contributed by atoms with Crippen molar-refractivity contribution in [3.05, 3.63) is 48.6 Å². The number of aliphatic carboxylic acids is 2. The van der Waals surface area contributed by atoms with E-state index in [1.807, 2.05) is 14.1 Å². The molecule has 7 nitrogen and oxygen atoms in total. The van der Waals surface area contributed by atoms with Gasteiger partial charge in [-0.1, -0.05) is 100.0 Å². The second-order valence-electron chi connectivity index (χ2n) is 13.7. The molecule has 0 rings (SSSR count). The molecule has 0 aromatic heterocycles. The molecule has 0 bridgehead atoms. The zero-order chi connectivity index (χ0) is 36.8. The summed E-state index contributed by atoms with van der Waals surface area (Å²) in [4.78, 5) is 35.6. The largest absolute Gasteiger partial charge is 0.481 e. The topological polar surface area (TPSA) is 104 Å². The molecule has 0 saturated heterocycles. The summed E-state index contributed by atoms with van der Waals surface area (Å²) in [6.07, 6.45) is 44.4. The Labute approximate surface area is 310 Å². The third-order valence-corrected chi connectivity index (χ3v) is 9.53. The molecule has 0 spiro atoms. The van der Waals surface area contributed by atoms with Gasteiger partial charge in [-0.05, 0) is 117 Å². The molecule has 0 unspecified atom stereocenters. The normalized spacial score (nSPS) is 12.2. The van der Waals surface area contributed by atoms with Gasteiger partial charge in [-0.2, -0.15) is 0 Å². The third kappa shape index (κ3) is 40.1. The standard InChI is InChI=1S/C42H73NO6S/c1-43(2)38-50-37-42(48)49-39(33-29-25-21-17-13-9-5-3-7-11-15-19-23-27-31-35-40(44)45)34-30-26-22-18-14-10-6-4-8-12-16-20-24-28-32-36-41(46)47/h3-4,7-8,15-16,19-20,39H,5-6,9-14,17-18,21-38H2,1-2H3,(H,44,45)(H,46,47)/b7-3-,8-4-,19-15-,20-16-. The number of carbonyl (C=O) groups is 3. The zero-order valence-electron chi connectivity index (χ0n) is 31.9. The fraction of sp³-hybridized carbons (Fsp3) is 0.738. The number of carboxylic acids is 2. The smallest absolute Gasteiger partial charge is 0.316 e. The first-order chi connectivity index (χ1) is 24.3. The maximum atomic E-state index is 12.5. The van der Waals surface area contributed by atoms with Gasteiger partial charge in [-0.3, -0.25) is 14.4 Å². The minimum Gasteiger partial charge on any atom is -0.481 e. The molecular weight excluding hydrogens is 647 g/mol. The van der Waals surface area contributed by atoms with Gasteiger partial charge in [-0.25, -0.2) is 0 Å². The molecule has 8 heteroatoms. The van der Waals surface area contributed by atoms with Crippen LogP contribution in [0.1, 0.15) is 167 Å². The van der Waals surface area contributed by atoms with Gasteiger partial charge in [0.1, 0.15) is 6.10 Å². The van der Waals surface area contributed by atoms with Gasteiger partial charge in [-0.15, -0.1) is 11.8 Å². The highest BCUT2D eigenvalue weighted by Crippen LogP contribution is 2.18. The number of nitrogens with zero attached hydrogens (tertiary/aromatic N) is 1. The number of thioether (sulfide) groups is 1. The van der Waals surface area contributed by atoms with Gasteiger partial charge < -0.3 is 19.8 Å². The van der Waals surface area contributed by atoms with Crippen LogP contribution in [-0.2, 0) is 19.1 Å². The van der Waals surface area contributed by atoms with E-state index in [1.54, 1.807) is 11.8 Å². The number of allylic oxidation sites excluding steroid dienone is 8. The van der Waals surface area contributed by atoms with E-state index < -0.39 is 11.9 Å². The quantitative estimate of drug-likeness (QED) is 0.0283. The van der Waals surface area contributed by atoms with Crippen molar-refractivity contribution in [2.75, 3.05) is 25.7 Å². The maximum absolute atomic E-state index is 12.5. The van der Waals surface area contributed by atoms with Crippen LogP contribution in [-0.4, -0.2) is 64.8 Å². The second-order valence-corrected chi connectivity index (χ2v) is 14.7. The number of unbranched alkanes of at least 4 members (excludes halogenated alkanes) is 16.